The molecule has 1 aliphatic heterocycles. The van der Waals surface area contributed by atoms with E-state index in [1.807, 2.05) is 30.3 Å². The van der Waals surface area contributed by atoms with Gasteiger partial charge in [0.05, 0.1) is 17.6 Å². The van der Waals surface area contributed by atoms with Gasteiger partial charge in [-0.3, -0.25) is 9.59 Å². The first kappa shape index (κ1) is 21.4. The van der Waals surface area contributed by atoms with Crippen molar-refractivity contribution in [3.63, 3.8) is 0 Å². The Morgan fingerprint density at radius 2 is 1.79 bits per heavy atom. The third-order valence-corrected chi connectivity index (χ3v) is 6.43. The number of nitrogens with zero attached hydrogens (tertiary/aromatic N) is 2. The molecule has 5 rings (SSSR count). The predicted octanol–water partition coefficient (Wildman–Crippen LogP) is 5.53. The number of amides is 2. The molecule has 2 heterocycles. The third-order valence-electron chi connectivity index (χ3n) is 5.70. The number of aromatic nitrogens is 1. The van der Waals surface area contributed by atoms with E-state index in [9.17, 15) is 19.5 Å². The van der Waals surface area contributed by atoms with Gasteiger partial charge in [0.15, 0.2) is 5.69 Å². The Morgan fingerprint density at radius 3 is 2.52 bits per heavy atom. The molecular weight excluding hydrogens is 508 g/mol. The van der Waals surface area contributed by atoms with Crippen LogP contribution in [0.2, 0.25) is 5.02 Å². The zero-order valence-corrected chi connectivity index (χ0v) is 19.4. The second kappa shape index (κ2) is 8.17. The molecule has 3 aromatic carbocycles. The quantitative estimate of drug-likeness (QED) is 0.357. The lowest BCUT2D eigenvalue weighted by Crippen LogP contribution is -2.43. The summed E-state index contributed by atoms with van der Waals surface area (Å²) in [5.74, 6) is -2.30. The highest BCUT2D eigenvalue weighted by molar-refractivity contribution is 9.10. The highest BCUT2D eigenvalue weighted by Crippen LogP contribution is 2.39. The number of fused-ring (bicyclic) bond motifs is 2. The van der Waals surface area contributed by atoms with E-state index >= 15 is 0 Å². The maximum atomic E-state index is 13.5. The number of carboxylic acids is 1. The molecule has 0 fully saturated rings. The van der Waals surface area contributed by atoms with Gasteiger partial charge in [0.1, 0.15) is 0 Å². The van der Waals surface area contributed by atoms with E-state index < -0.39 is 17.8 Å². The minimum atomic E-state index is -1.24. The summed E-state index contributed by atoms with van der Waals surface area (Å²) in [5.41, 5.74) is 2.30. The van der Waals surface area contributed by atoms with E-state index in [1.165, 1.54) is 0 Å². The smallest absolute Gasteiger partial charge is 0.354 e. The van der Waals surface area contributed by atoms with Gasteiger partial charge >= 0.3 is 5.97 Å². The van der Waals surface area contributed by atoms with Gasteiger partial charge in [-0.2, -0.15) is 0 Å². The van der Waals surface area contributed by atoms with Crippen molar-refractivity contribution in [2.24, 2.45) is 0 Å². The molecule has 0 unspecified atom stereocenters. The van der Waals surface area contributed by atoms with Crippen LogP contribution in [0.5, 0.6) is 0 Å². The average molecular weight is 524 g/mol. The molecule has 0 bridgehead atoms. The summed E-state index contributed by atoms with van der Waals surface area (Å²) >= 11 is 9.62. The van der Waals surface area contributed by atoms with Crippen LogP contribution in [0.15, 0.2) is 71.2 Å². The van der Waals surface area contributed by atoms with Gasteiger partial charge in [-0.1, -0.05) is 63.9 Å². The molecule has 0 radical (unpaired) electrons. The van der Waals surface area contributed by atoms with Crippen LogP contribution in [0.1, 0.15) is 32.0 Å². The predicted molar refractivity (Wildman–Crippen MR) is 129 cm³/mol. The number of hydrogen-bond donors (Lipinski definition) is 1. The van der Waals surface area contributed by atoms with Crippen molar-refractivity contribution in [3.05, 3.63) is 98.6 Å². The first-order valence-electron chi connectivity index (χ1n) is 10.1. The van der Waals surface area contributed by atoms with Crippen LogP contribution in [-0.4, -0.2) is 27.5 Å². The Labute approximate surface area is 202 Å². The van der Waals surface area contributed by atoms with Gasteiger partial charge in [-0.05, 0) is 41.5 Å². The van der Waals surface area contributed by atoms with E-state index in [4.69, 9.17) is 11.6 Å². The maximum Gasteiger partial charge on any atom is 0.354 e. The number of aromatic carboxylic acids is 1. The summed E-state index contributed by atoms with van der Waals surface area (Å²) in [6.45, 7) is 0.249. The average Bonchev–Trinajstić information content (AvgIpc) is 3.08. The fraction of sp³-hybridized carbons (Fsp3) is 0.0800. The number of hydrogen-bond acceptors (Lipinski definition) is 3. The van der Waals surface area contributed by atoms with E-state index in [0.29, 0.717) is 31.5 Å². The summed E-state index contributed by atoms with van der Waals surface area (Å²) in [4.78, 5) is 40.2. The van der Waals surface area contributed by atoms with E-state index in [0.717, 1.165) is 10.5 Å². The maximum absolute atomic E-state index is 13.5. The zero-order valence-electron chi connectivity index (χ0n) is 17.1. The highest BCUT2D eigenvalue weighted by atomic mass is 79.9. The molecule has 0 saturated heterocycles. The molecule has 1 aliphatic rings. The van der Waals surface area contributed by atoms with Gasteiger partial charge in [-0.25, -0.2) is 9.69 Å². The summed E-state index contributed by atoms with van der Waals surface area (Å²) in [6.07, 6.45) is -0.0145. The Kier molecular flexibility index (Phi) is 5.31. The minimum Gasteiger partial charge on any atom is -0.477 e. The Morgan fingerprint density at radius 1 is 1.03 bits per heavy atom. The molecule has 8 heteroatoms. The van der Waals surface area contributed by atoms with Crippen molar-refractivity contribution in [2.45, 2.75) is 13.0 Å². The lowest BCUT2D eigenvalue weighted by Gasteiger charge is -2.27. The molecule has 0 spiro atoms. The number of imide groups is 1. The topological polar surface area (TPSA) is 79.6 Å². The standard InChI is InChI=1S/C25H16BrClN2O4/c26-16-7-6-15-10-21(30)29(24(31)18(15)11-16)22-19-12-17(27)8-9-20(19)28(23(22)25(32)33)13-14-4-2-1-3-5-14/h1-9,11-12H,10,13H2,(H,32,33). The molecular formula is C25H16BrClN2O4. The first-order valence-corrected chi connectivity index (χ1v) is 11.3. The van der Waals surface area contributed by atoms with Crippen molar-refractivity contribution in [2.75, 3.05) is 4.90 Å². The van der Waals surface area contributed by atoms with Crippen LogP contribution in [0.3, 0.4) is 0 Å². The Balaban J connectivity index is 1.78. The SMILES string of the molecule is O=C(O)c1c(N2C(=O)Cc3ccc(Br)cc3C2=O)c2cc(Cl)ccc2n1Cc1ccccc1. The second-order valence-corrected chi connectivity index (χ2v) is 9.10. The monoisotopic (exact) mass is 522 g/mol. The number of carbonyl (C=O) groups excluding carboxylic acids is 2. The largest absolute Gasteiger partial charge is 0.477 e. The van der Waals surface area contributed by atoms with Crippen molar-refractivity contribution >= 4 is 61.9 Å². The summed E-state index contributed by atoms with van der Waals surface area (Å²) in [6, 6.07) is 19.5. The number of halogens is 2. The normalized spacial score (nSPS) is 13.5. The van der Waals surface area contributed by atoms with Crippen molar-refractivity contribution in [1.82, 2.24) is 4.57 Å². The molecule has 4 aromatic rings. The number of carbonyl (C=O) groups is 3. The van der Waals surface area contributed by atoms with Gasteiger partial charge in [0.2, 0.25) is 5.91 Å². The van der Waals surface area contributed by atoms with Gasteiger partial charge in [0, 0.05) is 27.0 Å². The molecule has 0 saturated carbocycles. The van der Waals surface area contributed by atoms with Gasteiger partial charge in [-0.15, -0.1) is 0 Å². The lowest BCUT2D eigenvalue weighted by molar-refractivity contribution is -0.117. The van der Waals surface area contributed by atoms with Crippen LogP contribution in [0.25, 0.3) is 10.9 Å². The van der Waals surface area contributed by atoms with Gasteiger partial charge in [0.25, 0.3) is 5.91 Å². The summed E-state index contributed by atoms with van der Waals surface area (Å²) < 4.78 is 2.30. The van der Waals surface area contributed by atoms with Crippen LogP contribution < -0.4 is 4.90 Å². The highest BCUT2D eigenvalue weighted by Gasteiger charge is 2.38. The van der Waals surface area contributed by atoms with Crippen molar-refractivity contribution in [1.29, 1.82) is 0 Å². The van der Waals surface area contributed by atoms with Crippen LogP contribution in [0.4, 0.5) is 5.69 Å². The van der Waals surface area contributed by atoms with E-state index in [-0.39, 0.29) is 24.3 Å². The number of anilines is 1. The molecule has 0 aliphatic carbocycles. The van der Waals surface area contributed by atoms with Gasteiger partial charge < -0.3 is 9.67 Å². The molecule has 1 N–H and O–H groups in total. The minimum absolute atomic E-state index is 0.0145. The number of carboxylic acid groups (broad SMARTS) is 1. The molecule has 6 nitrogen and oxygen atoms in total. The molecule has 164 valence electrons. The number of rotatable bonds is 4. The molecule has 0 atom stereocenters. The molecule has 2 amide bonds. The fourth-order valence-electron chi connectivity index (χ4n) is 4.29. The first-order chi connectivity index (χ1) is 15.8. The van der Waals surface area contributed by atoms with Crippen molar-refractivity contribution < 1.29 is 19.5 Å². The van der Waals surface area contributed by atoms with E-state index in [1.54, 1.807) is 41.0 Å². The third kappa shape index (κ3) is 3.63. The Hall–Kier alpha value is -3.42. The summed E-state index contributed by atoms with van der Waals surface area (Å²) in [7, 11) is 0. The fourth-order valence-corrected chi connectivity index (χ4v) is 4.82. The number of benzene rings is 3. The lowest BCUT2D eigenvalue weighted by atomic mass is 9.97. The van der Waals surface area contributed by atoms with Crippen LogP contribution in [-0.2, 0) is 17.8 Å². The molecule has 33 heavy (non-hydrogen) atoms. The zero-order chi connectivity index (χ0) is 23.3. The summed E-state index contributed by atoms with van der Waals surface area (Å²) in [5, 5.41) is 11.0. The van der Waals surface area contributed by atoms with Crippen LogP contribution in [0, 0.1) is 0 Å². The molecule has 1 aromatic heterocycles. The van der Waals surface area contributed by atoms with Crippen molar-refractivity contribution in [3.8, 4) is 0 Å². The van der Waals surface area contributed by atoms with Crippen LogP contribution >= 0.6 is 27.5 Å². The van der Waals surface area contributed by atoms with E-state index in [2.05, 4.69) is 15.9 Å². The second-order valence-electron chi connectivity index (χ2n) is 7.75. The Bertz CT molecular complexity index is 1460.